The van der Waals surface area contributed by atoms with Gasteiger partial charge in [-0.05, 0) is 64.6 Å². The number of carboxylic acids is 1. The average molecular weight is 569 g/mol. The van der Waals surface area contributed by atoms with Gasteiger partial charge in [-0.25, -0.2) is 9.59 Å². The summed E-state index contributed by atoms with van der Waals surface area (Å²) in [6.45, 7) is 4.74. The smallest absolute Gasteiger partial charge is 0.339 e. The third-order valence-corrected chi connectivity index (χ3v) is 7.73. The van der Waals surface area contributed by atoms with Crippen LogP contribution in [0, 0.1) is 0 Å². The number of hydrogen-bond donors (Lipinski definition) is 1. The largest absolute Gasteiger partial charge is 0.478 e. The van der Waals surface area contributed by atoms with Gasteiger partial charge in [0.1, 0.15) is 0 Å². The van der Waals surface area contributed by atoms with Crippen LogP contribution in [-0.2, 0) is 11.2 Å². The number of unbranched alkanes of at least 4 members (excludes halogenated alkanes) is 10. The molecule has 4 aromatic rings. The maximum absolute atomic E-state index is 12.6. The standard InChI is InChI=1S/C24H38O4.C14H10/c1-3-5-7-9-11-13-16-20-17-15-18-21(23(25)26)22(20)24(27)28-19-14-12-10-8-6-4-2;1-2-6-12-10-14-8-4-3-7-13(14)9-11(12)5-1/h15,17-18H,3-14,16,19H2,1-2H3,(H,25,26);1-10H. The molecule has 0 bridgehead atoms. The summed E-state index contributed by atoms with van der Waals surface area (Å²) < 4.78 is 5.42. The summed E-state index contributed by atoms with van der Waals surface area (Å²) in [5.41, 5.74) is 1.09. The summed E-state index contributed by atoms with van der Waals surface area (Å²) >= 11 is 0. The van der Waals surface area contributed by atoms with Crippen LogP contribution in [0.3, 0.4) is 0 Å². The number of rotatable bonds is 16. The Bertz CT molecular complexity index is 1290. The molecule has 224 valence electrons. The van der Waals surface area contributed by atoms with Gasteiger partial charge in [0.25, 0.3) is 0 Å². The number of ether oxygens (including phenoxy) is 1. The molecule has 4 nitrogen and oxygen atoms in total. The van der Waals surface area contributed by atoms with Crippen molar-refractivity contribution in [3.05, 3.63) is 95.6 Å². The van der Waals surface area contributed by atoms with E-state index in [0.29, 0.717) is 13.0 Å². The number of carboxylic acid groups (broad SMARTS) is 1. The van der Waals surface area contributed by atoms with Crippen molar-refractivity contribution in [2.45, 2.75) is 97.3 Å². The lowest BCUT2D eigenvalue weighted by Crippen LogP contribution is -2.15. The van der Waals surface area contributed by atoms with Crippen molar-refractivity contribution < 1.29 is 19.4 Å². The number of aryl methyl sites for hydroxylation is 1. The van der Waals surface area contributed by atoms with Gasteiger partial charge in [-0.15, -0.1) is 0 Å². The van der Waals surface area contributed by atoms with Crippen LogP contribution >= 0.6 is 0 Å². The van der Waals surface area contributed by atoms with E-state index in [4.69, 9.17) is 4.74 Å². The van der Waals surface area contributed by atoms with Crippen molar-refractivity contribution in [2.75, 3.05) is 6.61 Å². The molecule has 0 radical (unpaired) electrons. The minimum atomic E-state index is -1.07. The Labute approximate surface area is 252 Å². The molecular formula is C38H48O4. The minimum Gasteiger partial charge on any atom is -0.478 e. The first kappa shape index (κ1) is 32.8. The average Bonchev–Trinajstić information content (AvgIpc) is 3.01. The topological polar surface area (TPSA) is 63.6 Å². The van der Waals surface area contributed by atoms with E-state index < -0.39 is 11.9 Å². The van der Waals surface area contributed by atoms with Crippen molar-refractivity contribution in [2.24, 2.45) is 0 Å². The molecule has 0 unspecified atom stereocenters. The maximum Gasteiger partial charge on any atom is 0.339 e. The maximum atomic E-state index is 12.6. The number of fused-ring (bicyclic) bond motifs is 2. The Kier molecular flexibility index (Phi) is 14.6. The van der Waals surface area contributed by atoms with Crippen LogP contribution in [0.5, 0.6) is 0 Å². The van der Waals surface area contributed by atoms with Gasteiger partial charge in [-0.3, -0.25) is 0 Å². The molecule has 4 heteroatoms. The van der Waals surface area contributed by atoms with Gasteiger partial charge in [0, 0.05) is 0 Å². The first-order valence-electron chi connectivity index (χ1n) is 15.9. The number of carbonyl (C=O) groups excluding carboxylic acids is 1. The highest BCUT2D eigenvalue weighted by Crippen LogP contribution is 2.22. The van der Waals surface area contributed by atoms with Crippen LogP contribution in [0.1, 0.15) is 117 Å². The molecule has 0 aromatic heterocycles. The molecule has 1 N–H and O–H groups in total. The molecule has 0 aliphatic rings. The Morgan fingerprint density at radius 2 is 1.07 bits per heavy atom. The Morgan fingerprint density at radius 1 is 0.595 bits per heavy atom. The van der Waals surface area contributed by atoms with E-state index in [1.54, 1.807) is 6.07 Å². The van der Waals surface area contributed by atoms with Crippen LogP contribution in [0.4, 0.5) is 0 Å². The lowest BCUT2D eigenvalue weighted by Gasteiger charge is -2.12. The van der Waals surface area contributed by atoms with Crippen molar-refractivity contribution in [3.8, 4) is 0 Å². The van der Waals surface area contributed by atoms with Gasteiger partial charge >= 0.3 is 11.9 Å². The zero-order valence-corrected chi connectivity index (χ0v) is 25.6. The van der Waals surface area contributed by atoms with Crippen LogP contribution in [0.15, 0.2) is 78.9 Å². The van der Waals surface area contributed by atoms with Crippen LogP contribution < -0.4 is 0 Å². The van der Waals surface area contributed by atoms with E-state index in [-0.39, 0.29) is 11.1 Å². The first-order chi connectivity index (χ1) is 20.5. The molecule has 0 aliphatic carbocycles. The lowest BCUT2D eigenvalue weighted by atomic mass is 9.96. The van der Waals surface area contributed by atoms with Gasteiger partial charge in [-0.2, -0.15) is 0 Å². The van der Waals surface area contributed by atoms with Crippen LogP contribution in [0.25, 0.3) is 21.5 Å². The summed E-state index contributed by atoms with van der Waals surface area (Å²) in [6.07, 6.45) is 14.4. The van der Waals surface area contributed by atoms with E-state index in [2.05, 4.69) is 74.5 Å². The van der Waals surface area contributed by atoms with Crippen LogP contribution in [-0.4, -0.2) is 23.7 Å². The van der Waals surface area contributed by atoms with Gasteiger partial charge in [0.2, 0.25) is 0 Å². The predicted molar refractivity (Wildman–Crippen MR) is 176 cm³/mol. The fourth-order valence-corrected chi connectivity index (χ4v) is 5.33. The summed E-state index contributed by atoms with van der Waals surface area (Å²) in [6, 6.07) is 26.5. The summed E-state index contributed by atoms with van der Waals surface area (Å²) in [4.78, 5) is 24.2. The normalized spacial score (nSPS) is 10.8. The zero-order valence-electron chi connectivity index (χ0n) is 25.6. The molecule has 0 heterocycles. The second kappa shape index (κ2) is 18.7. The highest BCUT2D eigenvalue weighted by atomic mass is 16.5. The van der Waals surface area contributed by atoms with Gasteiger partial charge < -0.3 is 9.84 Å². The molecule has 0 atom stereocenters. The molecule has 0 spiro atoms. The summed E-state index contributed by atoms with van der Waals surface area (Å²) in [7, 11) is 0. The highest BCUT2D eigenvalue weighted by Gasteiger charge is 2.21. The molecule has 0 saturated heterocycles. The first-order valence-corrected chi connectivity index (χ1v) is 15.9. The number of esters is 1. The fraction of sp³-hybridized carbons (Fsp3) is 0.421. The third kappa shape index (κ3) is 10.6. The molecule has 4 rings (SSSR count). The monoisotopic (exact) mass is 568 g/mol. The van der Waals surface area contributed by atoms with Gasteiger partial charge in [0.15, 0.2) is 0 Å². The Morgan fingerprint density at radius 3 is 1.57 bits per heavy atom. The highest BCUT2D eigenvalue weighted by molar-refractivity contribution is 6.03. The Balaban J connectivity index is 0.000000283. The second-order valence-electron chi connectivity index (χ2n) is 11.1. The molecule has 0 saturated carbocycles. The van der Waals surface area contributed by atoms with Crippen molar-refractivity contribution in [1.82, 2.24) is 0 Å². The SMILES string of the molecule is CCCCCCCCOC(=O)c1c(CCCCCCCC)cccc1C(=O)O.c1ccc2cc3ccccc3cc2c1. The van der Waals surface area contributed by atoms with E-state index in [9.17, 15) is 14.7 Å². The molecule has 0 aliphatic heterocycles. The molecular weight excluding hydrogens is 520 g/mol. The van der Waals surface area contributed by atoms with Crippen molar-refractivity contribution in [1.29, 1.82) is 0 Å². The number of aromatic carboxylic acids is 1. The molecule has 0 amide bonds. The van der Waals surface area contributed by atoms with E-state index in [0.717, 1.165) is 37.7 Å². The van der Waals surface area contributed by atoms with Gasteiger partial charge in [-0.1, -0.05) is 139 Å². The second-order valence-corrected chi connectivity index (χ2v) is 11.1. The quantitative estimate of drug-likeness (QED) is 0.0829. The minimum absolute atomic E-state index is 0.0522. The van der Waals surface area contributed by atoms with E-state index in [1.807, 2.05) is 6.07 Å². The molecule has 42 heavy (non-hydrogen) atoms. The Hall–Kier alpha value is -3.66. The fourth-order valence-electron chi connectivity index (χ4n) is 5.33. The van der Waals surface area contributed by atoms with Crippen molar-refractivity contribution in [3.63, 3.8) is 0 Å². The summed E-state index contributed by atoms with van der Waals surface area (Å²) in [5, 5.41) is 14.7. The molecule has 4 aromatic carbocycles. The van der Waals surface area contributed by atoms with Crippen LogP contribution in [0.2, 0.25) is 0 Å². The number of hydrogen-bond acceptors (Lipinski definition) is 3. The summed E-state index contributed by atoms with van der Waals surface area (Å²) in [5.74, 6) is -1.57. The molecule has 0 fully saturated rings. The predicted octanol–water partition coefficient (Wildman–Crippen LogP) is 10.8. The third-order valence-electron chi connectivity index (χ3n) is 7.73. The van der Waals surface area contributed by atoms with E-state index >= 15 is 0 Å². The zero-order chi connectivity index (χ0) is 30.0. The van der Waals surface area contributed by atoms with E-state index in [1.165, 1.54) is 72.6 Å². The number of benzene rings is 4. The number of carbonyl (C=O) groups is 2. The van der Waals surface area contributed by atoms with Crippen molar-refractivity contribution >= 4 is 33.5 Å². The lowest BCUT2D eigenvalue weighted by molar-refractivity contribution is 0.0486. The van der Waals surface area contributed by atoms with Gasteiger partial charge in [0.05, 0.1) is 17.7 Å².